The molecular weight excluding hydrogens is 569 g/mol. The van der Waals surface area contributed by atoms with Crippen molar-refractivity contribution in [2.75, 3.05) is 18.0 Å². The summed E-state index contributed by atoms with van der Waals surface area (Å²) < 4.78 is 149. The molecule has 3 aromatic rings. The molecule has 4 nitrogen and oxygen atoms in total. The van der Waals surface area contributed by atoms with Crippen LogP contribution in [0, 0.1) is 0 Å². The number of benzene rings is 2. The summed E-state index contributed by atoms with van der Waals surface area (Å²) in [6, 6.07) is 10.0. The lowest BCUT2D eigenvalue weighted by molar-refractivity contribution is -0.289. The normalized spacial score (nSPS) is 13.7. The second-order valence-electron chi connectivity index (χ2n) is 8.50. The fourth-order valence-electron chi connectivity index (χ4n) is 3.50. The molecule has 0 saturated carbocycles. The van der Waals surface area contributed by atoms with Crippen molar-refractivity contribution in [2.45, 2.75) is 37.0 Å². The molecular formula is C25H19F11N2O2. The first kappa shape index (κ1) is 30.9. The van der Waals surface area contributed by atoms with Gasteiger partial charge in [-0.3, -0.25) is 4.98 Å². The van der Waals surface area contributed by atoms with Gasteiger partial charge in [0.2, 0.25) is 0 Å². The minimum absolute atomic E-state index is 0.0114. The molecule has 1 atom stereocenters. The largest absolute Gasteiger partial charge is 0.458 e. The Morgan fingerprint density at radius 2 is 1.45 bits per heavy atom. The van der Waals surface area contributed by atoms with Crippen LogP contribution in [-0.2, 0) is 18.5 Å². The average molecular weight is 588 g/mol. The Bertz CT molecular complexity index is 1290. The van der Waals surface area contributed by atoms with E-state index in [2.05, 4.69) is 4.98 Å². The zero-order valence-corrected chi connectivity index (χ0v) is 20.0. The molecule has 1 aromatic heterocycles. The Morgan fingerprint density at radius 1 is 0.800 bits per heavy atom. The molecule has 0 spiro atoms. The molecule has 40 heavy (non-hydrogen) atoms. The van der Waals surface area contributed by atoms with Gasteiger partial charge in [0.05, 0.1) is 6.54 Å². The zero-order valence-electron chi connectivity index (χ0n) is 20.0. The maximum Gasteiger partial charge on any atom is 0.458 e. The number of halogens is 11. The van der Waals surface area contributed by atoms with Crippen LogP contribution in [0.1, 0.15) is 16.8 Å². The zero-order chi connectivity index (χ0) is 29.9. The molecule has 0 saturated heterocycles. The highest BCUT2D eigenvalue weighted by Crippen LogP contribution is 2.44. The van der Waals surface area contributed by atoms with Crippen LogP contribution >= 0.6 is 0 Å². The van der Waals surface area contributed by atoms with E-state index in [1.165, 1.54) is 24.3 Å². The summed E-state index contributed by atoms with van der Waals surface area (Å²) in [6.07, 6.45) is -18.0. The molecule has 0 unspecified atom stereocenters. The summed E-state index contributed by atoms with van der Waals surface area (Å²) in [6.45, 7) is -1.44. The number of rotatable bonds is 9. The lowest BCUT2D eigenvalue weighted by atomic mass is 10.0. The number of aromatic nitrogens is 1. The highest BCUT2D eigenvalue weighted by molar-refractivity contribution is 5.52. The van der Waals surface area contributed by atoms with E-state index in [1.807, 2.05) is 0 Å². The highest BCUT2D eigenvalue weighted by Gasteiger charge is 2.58. The Hall–Kier alpha value is -3.62. The number of ether oxygens (including phenoxy) is 1. The van der Waals surface area contributed by atoms with Crippen molar-refractivity contribution in [3.8, 4) is 11.5 Å². The van der Waals surface area contributed by atoms with Crippen molar-refractivity contribution in [3.05, 3.63) is 83.7 Å². The molecule has 0 amide bonds. The molecule has 218 valence electrons. The molecule has 1 heterocycles. The molecule has 1 N–H and O–H groups in total. The Balaban J connectivity index is 1.87. The quantitative estimate of drug-likeness (QED) is 0.263. The standard InChI is InChI=1S/C25H19F11N2O2/c26-22(27,25(34,35)36)16-4-1-3-15(11-16)8-10-38(14-21(39)24(31,32)33)17-5-2-6-18(12-17)40-19-7-9-37-20(13-19)23(28,29)30/h1-7,9,11-13,21,39H,8,10,14H2/t21-/m1/s1. The monoisotopic (exact) mass is 588 g/mol. The SMILES string of the molecule is O[C@H](CN(CCc1cccc(C(F)(F)C(F)(F)F)c1)c1cccc(Oc2ccnc(C(F)(F)F)c2)c1)C(F)(F)F. The number of nitrogens with zero attached hydrogens (tertiary/aromatic N) is 2. The third kappa shape index (κ3) is 7.73. The summed E-state index contributed by atoms with van der Waals surface area (Å²) in [5.41, 5.74) is -2.68. The number of aliphatic hydroxyl groups excluding tert-OH is 1. The summed E-state index contributed by atoms with van der Waals surface area (Å²) in [4.78, 5) is 4.16. The van der Waals surface area contributed by atoms with Gasteiger partial charge in [-0.1, -0.05) is 24.3 Å². The first-order chi connectivity index (χ1) is 18.4. The molecule has 0 fully saturated rings. The minimum Gasteiger partial charge on any atom is -0.457 e. The van der Waals surface area contributed by atoms with Crippen LogP contribution in [-0.4, -0.2) is 41.6 Å². The third-order valence-electron chi connectivity index (χ3n) is 5.53. The predicted molar refractivity (Wildman–Crippen MR) is 120 cm³/mol. The van der Waals surface area contributed by atoms with E-state index in [-0.39, 0.29) is 35.7 Å². The van der Waals surface area contributed by atoms with Crippen molar-refractivity contribution in [2.24, 2.45) is 0 Å². The molecule has 0 aliphatic carbocycles. The van der Waals surface area contributed by atoms with Crippen molar-refractivity contribution < 1.29 is 58.1 Å². The van der Waals surface area contributed by atoms with E-state index in [0.717, 1.165) is 29.3 Å². The van der Waals surface area contributed by atoms with E-state index in [9.17, 15) is 53.4 Å². The van der Waals surface area contributed by atoms with Crippen LogP contribution in [0.5, 0.6) is 11.5 Å². The molecule has 3 rings (SSSR count). The fourth-order valence-corrected chi connectivity index (χ4v) is 3.50. The van der Waals surface area contributed by atoms with Crippen LogP contribution < -0.4 is 9.64 Å². The van der Waals surface area contributed by atoms with Gasteiger partial charge in [-0.2, -0.15) is 48.3 Å². The van der Waals surface area contributed by atoms with Crippen LogP contribution in [0.25, 0.3) is 0 Å². The van der Waals surface area contributed by atoms with Crippen molar-refractivity contribution in [1.29, 1.82) is 0 Å². The molecule has 0 radical (unpaired) electrons. The second-order valence-corrected chi connectivity index (χ2v) is 8.50. The predicted octanol–water partition coefficient (Wildman–Crippen LogP) is 7.52. The van der Waals surface area contributed by atoms with Gasteiger partial charge in [0.15, 0.2) is 6.10 Å². The van der Waals surface area contributed by atoms with E-state index >= 15 is 0 Å². The molecule has 2 aromatic carbocycles. The Morgan fingerprint density at radius 3 is 2.08 bits per heavy atom. The van der Waals surface area contributed by atoms with Gasteiger partial charge in [-0.15, -0.1) is 0 Å². The highest BCUT2D eigenvalue weighted by atomic mass is 19.4. The Kier molecular flexibility index (Phi) is 8.87. The van der Waals surface area contributed by atoms with E-state index in [1.54, 1.807) is 0 Å². The molecule has 0 aliphatic heterocycles. The number of anilines is 1. The van der Waals surface area contributed by atoms with Crippen molar-refractivity contribution >= 4 is 5.69 Å². The first-order valence-electron chi connectivity index (χ1n) is 11.2. The summed E-state index contributed by atoms with van der Waals surface area (Å²) >= 11 is 0. The lowest BCUT2D eigenvalue weighted by Gasteiger charge is -2.29. The number of aliphatic hydroxyl groups is 1. The molecule has 0 aliphatic rings. The second kappa shape index (κ2) is 11.5. The summed E-state index contributed by atoms with van der Waals surface area (Å²) in [5.74, 6) is -5.56. The van der Waals surface area contributed by atoms with Crippen LogP contribution in [0.4, 0.5) is 54.0 Å². The minimum atomic E-state index is -5.87. The van der Waals surface area contributed by atoms with Gasteiger partial charge in [-0.05, 0) is 36.2 Å². The number of pyridine rings is 1. The summed E-state index contributed by atoms with van der Waals surface area (Å²) in [7, 11) is 0. The van der Waals surface area contributed by atoms with Crippen molar-refractivity contribution in [1.82, 2.24) is 4.98 Å². The van der Waals surface area contributed by atoms with Gasteiger partial charge in [-0.25, -0.2) is 0 Å². The van der Waals surface area contributed by atoms with Gasteiger partial charge in [0.25, 0.3) is 0 Å². The molecule has 0 bridgehead atoms. The van der Waals surface area contributed by atoms with Gasteiger partial charge in [0, 0.05) is 36.1 Å². The number of hydrogen-bond donors (Lipinski definition) is 1. The summed E-state index contributed by atoms with van der Waals surface area (Å²) in [5, 5.41) is 9.63. The number of alkyl halides is 11. The topological polar surface area (TPSA) is 45.6 Å². The van der Waals surface area contributed by atoms with Gasteiger partial charge < -0.3 is 14.7 Å². The fraction of sp³-hybridized carbons (Fsp3) is 0.320. The van der Waals surface area contributed by atoms with Gasteiger partial charge in [0.1, 0.15) is 17.2 Å². The first-order valence-corrected chi connectivity index (χ1v) is 11.2. The smallest absolute Gasteiger partial charge is 0.457 e. The lowest BCUT2D eigenvalue weighted by Crippen LogP contribution is -2.42. The third-order valence-corrected chi connectivity index (χ3v) is 5.53. The van der Waals surface area contributed by atoms with E-state index in [4.69, 9.17) is 4.74 Å². The van der Waals surface area contributed by atoms with Crippen LogP contribution in [0.2, 0.25) is 0 Å². The average Bonchev–Trinajstić information content (AvgIpc) is 2.85. The van der Waals surface area contributed by atoms with Crippen LogP contribution in [0.15, 0.2) is 66.9 Å². The Labute approximate surface area is 219 Å². The van der Waals surface area contributed by atoms with E-state index < -0.39 is 48.4 Å². The maximum absolute atomic E-state index is 13.7. The maximum atomic E-state index is 13.7. The van der Waals surface area contributed by atoms with Crippen LogP contribution in [0.3, 0.4) is 0 Å². The van der Waals surface area contributed by atoms with Crippen molar-refractivity contribution in [3.63, 3.8) is 0 Å². The number of hydrogen-bond acceptors (Lipinski definition) is 4. The molecule has 15 heteroatoms. The van der Waals surface area contributed by atoms with Gasteiger partial charge >= 0.3 is 24.5 Å². The van der Waals surface area contributed by atoms with E-state index in [0.29, 0.717) is 18.2 Å².